The Morgan fingerprint density at radius 3 is 2.14 bits per heavy atom. The maximum atomic E-state index is 11.5. The molecule has 0 amide bonds. The number of unbranched alkanes of at least 4 members (excludes halogenated alkanes) is 1. The van der Waals surface area contributed by atoms with Gasteiger partial charge in [-0.2, -0.15) is 0 Å². The predicted molar refractivity (Wildman–Crippen MR) is 61.5 cm³/mol. The van der Waals surface area contributed by atoms with E-state index in [-0.39, 0.29) is 6.04 Å². The number of nitrogens with zero attached hydrogens (tertiary/aromatic N) is 1. The quantitative estimate of drug-likeness (QED) is 0.628. The van der Waals surface area contributed by atoms with Crippen molar-refractivity contribution in [2.24, 2.45) is 5.92 Å². The second kappa shape index (κ2) is 6.99. The summed E-state index contributed by atoms with van der Waals surface area (Å²) in [5, 5.41) is 0. The number of Topliss-reactive ketones (excluding diaryl/α,β-unsaturated/α-hetero) is 1. The molecule has 0 aromatic rings. The second-order valence-electron chi connectivity index (χ2n) is 4.33. The smallest absolute Gasteiger partial charge is 0.147 e. The largest absolute Gasteiger partial charge is 0.300 e. The van der Waals surface area contributed by atoms with Crippen LogP contribution in [0.25, 0.3) is 0 Å². The van der Waals surface area contributed by atoms with Gasteiger partial charge in [0, 0.05) is 0 Å². The SMILES string of the molecule is CCCC[C@H](CC)[C@@H](C(C)=O)N(C)C. The summed E-state index contributed by atoms with van der Waals surface area (Å²) in [6, 6.07) is 0.117. The van der Waals surface area contributed by atoms with E-state index < -0.39 is 0 Å². The highest BCUT2D eigenvalue weighted by Crippen LogP contribution is 2.20. The van der Waals surface area contributed by atoms with Crippen LogP contribution in [-0.2, 0) is 4.79 Å². The Balaban J connectivity index is 4.34. The summed E-state index contributed by atoms with van der Waals surface area (Å²) in [4.78, 5) is 13.6. The summed E-state index contributed by atoms with van der Waals surface area (Å²) in [5.74, 6) is 0.834. The van der Waals surface area contributed by atoms with Gasteiger partial charge < -0.3 is 0 Å². The van der Waals surface area contributed by atoms with Gasteiger partial charge in [-0.15, -0.1) is 0 Å². The van der Waals surface area contributed by atoms with Crippen molar-refractivity contribution in [2.45, 2.75) is 52.5 Å². The summed E-state index contributed by atoms with van der Waals surface area (Å²) >= 11 is 0. The fourth-order valence-corrected chi connectivity index (χ4v) is 2.17. The van der Waals surface area contributed by atoms with E-state index >= 15 is 0 Å². The number of ketones is 1. The number of hydrogen-bond donors (Lipinski definition) is 0. The molecule has 0 aromatic carbocycles. The Bertz CT molecular complexity index is 166. The molecule has 0 fully saturated rings. The van der Waals surface area contributed by atoms with Gasteiger partial charge >= 0.3 is 0 Å². The molecule has 0 rings (SSSR count). The van der Waals surface area contributed by atoms with Crippen LogP contribution in [0.4, 0.5) is 0 Å². The van der Waals surface area contributed by atoms with Crippen LogP contribution in [0.1, 0.15) is 46.5 Å². The lowest BCUT2D eigenvalue weighted by atomic mass is 9.88. The van der Waals surface area contributed by atoms with Gasteiger partial charge in [0.25, 0.3) is 0 Å². The van der Waals surface area contributed by atoms with E-state index in [2.05, 4.69) is 18.7 Å². The van der Waals surface area contributed by atoms with Crippen LogP contribution in [-0.4, -0.2) is 30.8 Å². The van der Waals surface area contributed by atoms with Gasteiger partial charge in [0.2, 0.25) is 0 Å². The minimum Gasteiger partial charge on any atom is -0.300 e. The molecule has 84 valence electrons. The van der Waals surface area contributed by atoms with E-state index in [1.807, 2.05) is 14.1 Å². The first-order chi connectivity index (χ1) is 6.54. The van der Waals surface area contributed by atoms with E-state index in [0.29, 0.717) is 11.7 Å². The third-order valence-corrected chi connectivity index (χ3v) is 2.87. The molecule has 2 heteroatoms. The molecule has 0 saturated carbocycles. The number of likely N-dealkylation sites (N-methyl/N-ethyl adjacent to an activating group) is 1. The molecule has 2 atom stereocenters. The van der Waals surface area contributed by atoms with E-state index in [4.69, 9.17) is 0 Å². The molecule has 2 nitrogen and oxygen atoms in total. The zero-order chi connectivity index (χ0) is 11.1. The molecule has 0 saturated heterocycles. The minimum atomic E-state index is 0.117. The van der Waals surface area contributed by atoms with Gasteiger partial charge in [-0.25, -0.2) is 0 Å². The summed E-state index contributed by atoms with van der Waals surface area (Å²) in [6.45, 7) is 6.09. The Kier molecular flexibility index (Phi) is 6.81. The third kappa shape index (κ3) is 4.23. The highest BCUT2D eigenvalue weighted by molar-refractivity contribution is 5.81. The van der Waals surface area contributed by atoms with Gasteiger partial charge in [-0.1, -0.05) is 33.1 Å². The lowest BCUT2D eigenvalue weighted by Crippen LogP contribution is -2.40. The molecule has 0 aliphatic heterocycles. The minimum absolute atomic E-state index is 0.117. The van der Waals surface area contributed by atoms with Gasteiger partial charge in [-0.05, 0) is 33.4 Å². The van der Waals surface area contributed by atoms with Crippen LogP contribution in [0.15, 0.2) is 0 Å². The molecule has 0 aliphatic carbocycles. The normalized spacial score (nSPS) is 15.6. The number of rotatable bonds is 7. The standard InChI is InChI=1S/C12H25NO/c1-6-8-9-11(7-2)12(10(3)14)13(4)5/h11-12H,6-9H2,1-5H3/t11-,12+/m0/s1. The van der Waals surface area contributed by atoms with Crippen molar-refractivity contribution in [2.75, 3.05) is 14.1 Å². The van der Waals surface area contributed by atoms with Crippen LogP contribution in [0.3, 0.4) is 0 Å². The van der Waals surface area contributed by atoms with Crippen LogP contribution >= 0.6 is 0 Å². The van der Waals surface area contributed by atoms with E-state index in [9.17, 15) is 4.79 Å². The summed E-state index contributed by atoms with van der Waals surface area (Å²) in [7, 11) is 4.00. The first-order valence-electron chi connectivity index (χ1n) is 5.71. The average Bonchev–Trinajstić information content (AvgIpc) is 2.10. The zero-order valence-corrected chi connectivity index (χ0v) is 10.3. The summed E-state index contributed by atoms with van der Waals surface area (Å²) < 4.78 is 0. The third-order valence-electron chi connectivity index (χ3n) is 2.87. The predicted octanol–water partition coefficient (Wildman–Crippen LogP) is 2.72. The first-order valence-corrected chi connectivity index (χ1v) is 5.71. The van der Waals surface area contributed by atoms with Crippen molar-refractivity contribution < 1.29 is 4.79 Å². The molecule has 0 unspecified atom stereocenters. The number of hydrogen-bond acceptors (Lipinski definition) is 2. The van der Waals surface area contributed by atoms with Crippen molar-refractivity contribution in [1.82, 2.24) is 4.90 Å². The summed E-state index contributed by atoms with van der Waals surface area (Å²) in [6.07, 6.45) is 4.72. The van der Waals surface area contributed by atoms with Crippen molar-refractivity contribution in [3.05, 3.63) is 0 Å². The van der Waals surface area contributed by atoms with E-state index in [0.717, 1.165) is 6.42 Å². The maximum Gasteiger partial charge on any atom is 0.147 e. The second-order valence-corrected chi connectivity index (χ2v) is 4.33. The molecular formula is C12H25NO. The molecule has 0 spiro atoms. The first kappa shape index (κ1) is 13.6. The number of carbonyl (C=O) groups excluding carboxylic acids is 1. The topological polar surface area (TPSA) is 20.3 Å². The van der Waals surface area contributed by atoms with Crippen molar-refractivity contribution in [1.29, 1.82) is 0 Å². The van der Waals surface area contributed by atoms with Gasteiger partial charge in [0.15, 0.2) is 0 Å². The molecular weight excluding hydrogens is 174 g/mol. The zero-order valence-electron chi connectivity index (χ0n) is 10.3. The fraction of sp³-hybridized carbons (Fsp3) is 0.917. The lowest BCUT2D eigenvalue weighted by Gasteiger charge is -2.29. The van der Waals surface area contributed by atoms with Crippen molar-refractivity contribution in [3.63, 3.8) is 0 Å². The van der Waals surface area contributed by atoms with Crippen LogP contribution in [0.2, 0.25) is 0 Å². The van der Waals surface area contributed by atoms with Crippen LogP contribution < -0.4 is 0 Å². The molecule has 0 aliphatic rings. The van der Waals surface area contributed by atoms with Gasteiger partial charge in [0.05, 0.1) is 6.04 Å². The highest BCUT2D eigenvalue weighted by Gasteiger charge is 2.25. The van der Waals surface area contributed by atoms with E-state index in [1.54, 1.807) is 6.92 Å². The molecule has 0 radical (unpaired) electrons. The molecule has 14 heavy (non-hydrogen) atoms. The van der Waals surface area contributed by atoms with Crippen LogP contribution in [0, 0.1) is 5.92 Å². The molecule has 0 aromatic heterocycles. The number of carbonyl (C=O) groups is 1. The molecule has 0 heterocycles. The van der Waals surface area contributed by atoms with Crippen molar-refractivity contribution in [3.8, 4) is 0 Å². The van der Waals surface area contributed by atoms with Crippen molar-refractivity contribution >= 4 is 5.78 Å². The Morgan fingerprint density at radius 1 is 1.29 bits per heavy atom. The monoisotopic (exact) mass is 199 g/mol. The average molecular weight is 199 g/mol. The fourth-order valence-electron chi connectivity index (χ4n) is 2.17. The maximum absolute atomic E-state index is 11.5. The van der Waals surface area contributed by atoms with E-state index in [1.165, 1.54) is 19.3 Å². The highest BCUT2D eigenvalue weighted by atomic mass is 16.1. The Hall–Kier alpha value is -0.370. The van der Waals surface area contributed by atoms with Crippen LogP contribution in [0.5, 0.6) is 0 Å². The van der Waals surface area contributed by atoms with Gasteiger partial charge in [0.1, 0.15) is 5.78 Å². The lowest BCUT2D eigenvalue weighted by molar-refractivity contribution is -0.123. The summed E-state index contributed by atoms with van der Waals surface area (Å²) in [5.41, 5.74) is 0. The molecule has 0 bridgehead atoms. The molecule has 0 N–H and O–H groups in total. The Labute approximate surface area is 88.7 Å². The Morgan fingerprint density at radius 2 is 1.86 bits per heavy atom. The van der Waals surface area contributed by atoms with Gasteiger partial charge in [-0.3, -0.25) is 9.69 Å².